The van der Waals surface area contributed by atoms with E-state index in [-0.39, 0.29) is 12.7 Å². The molecule has 0 radical (unpaired) electrons. The summed E-state index contributed by atoms with van der Waals surface area (Å²) in [6.45, 7) is 6.10. The molecule has 6 heteroatoms. The zero-order valence-electron chi connectivity index (χ0n) is 11.5. The number of carbonyl (C=O) groups is 1. The van der Waals surface area contributed by atoms with Gasteiger partial charge < -0.3 is 14.4 Å². The topological polar surface area (TPSA) is 51.7 Å². The summed E-state index contributed by atoms with van der Waals surface area (Å²) in [6, 6.07) is 5.49. The molecule has 1 aliphatic rings. The van der Waals surface area contributed by atoms with Crippen LogP contribution in [0, 0.1) is 6.92 Å². The van der Waals surface area contributed by atoms with Crippen LogP contribution < -0.4 is 14.4 Å². The fourth-order valence-corrected chi connectivity index (χ4v) is 2.85. The number of ether oxygens (including phenoxy) is 2. The van der Waals surface area contributed by atoms with Crippen molar-refractivity contribution in [2.24, 2.45) is 0 Å². The largest absolute Gasteiger partial charge is 0.454 e. The molecule has 0 unspecified atom stereocenters. The highest BCUT2D eigenvalue weighted by Gasteiger charge is 2.24. The van der Waals surface area contributed by atoms with Crippen LogP contribution in [0.1, 0.15) is 11.3 Å². The Morgan fingerprint density at radius 3 is 3.10 bits per heavy atom. The first-order chi connectivity index (χ1) is 10.2. The summed E-state index contributed by atoms with van der Waals surface area (Å²) < 4.78 is 15.1. The van der Waals surface area contributed by atoms with Gasteiger partial charge in [-0.25, -0.2) is 0 Å². The van der Waals surface area contributed by atoms with Crippen molar-refractivity contribution in [2.75, 3.05) is 11.7 Å². The molecule has 2 aromatic rings. The van der Waals surface area contributed by atoms with Crippen molar-refractivity contribution in [2.45, 2.75) is 13.5 Å². The van der Waals surface area contributed by atoms with E-state index in [1.54, 1.807) is 4.90 Å². The van der Waals surface area contributed by atoms with Crippen LogP contribution in [-0.2, 0) is 11.3 Å². The number of nitrogens with zero attached hydrogens (tertiary/aromatic N) is 2. The van der Waals surface area contributed by atoms with Crippen LogP contribution in [0.3, 0.4) is 0 Å². The van der Waals surface area contributed by atoms with Crippen molar-refractivity contribution < 1.29 is 14.3 Å². The van der Waals surface area contributed by atoms with Crippen molar-refractivity contribution >= 4 is 23.1 Å². The Morgan fingerprint density at radius 2 is 2.38 bits per heavy atom. The molecule has 2 heterocycles. The van der Waals surface area contributed by atoms with Crippen LogP contribution in [0.4, 0.5) is 5.69 Å². The molecular weight excluding hydrogens is 288 g/mol. The van der Waals surface area contributed by atoms with E-state index in [0.29, 0.717) is 23.7 Å². The molecule has 21 heavy (non-hydrogen) atoms. The third-order valence-electron chi connectivity index (χ3n) is 3.29. The van der Waals surface area contributed by atoms with Gasteiger partial charge in [-0.15, -0.1) is 0 Å². The lowest BCUT2D eigenvalue weighted by Gasteiger charge is -2.22. The molecular formula is C15H14N2O3S. The average Bonchev–Trinajstić information content (AvgIpc) is 3.12. The van der Waals surface area contributed by atoms with Gasteiger partial charge in [0.15, 0.2) is 11.5 Å². The zero-order chi connectivity index (χ0) is 14.8. The van der Waals surface area contributed by atoms with Gasteiger partial charge in [-0.2, -0.15) is 4.37 Å². The van der Waals surface area contributed by atoms with E-state index in [9.17, 15) is 4.79 Å². The second kappa shape index (κ2) is 5.57. The third-order valence-corrected chi connectivity index (χ3v) is 4.05. The van der Waals surface area contributed by atoms with Crippen molar-refractivity contribution in [3.05, 3.63) is 47.5 Å². The highest BCUT2D eigenvalue weighted by molar-refractivity contribution is 7.03. The van der Waals surface area contributed by atoms with Crippen LogP contribution in [0.2, 0.25) is 0 Å². The van der Waals surface area contributed by atoms with Gasteiger partial charge in [0.05, 0.1) is 17.9 Å². The zero-order valence-corrected chi connectivity index (χ0v) is 12.4. The number of hydrogen-bond donors (Lipinski definition) is 0. The van der Waals surface area contributed by atoms with Crippen molar-refractivity contribution in [1.82, 2.24) is 4.37 Å². The van der Waals surface area contributed by atoms with Crippen molar-refractivity contribution in [3.63, 3.8) is 0 Å². The maximum absolute atomic E-state index is 12.2. The number of amides is 1. The second-order valence-electron chi connectivity index (χ2n) is 4.56. The Balaban J connectivity index is 2.01. The van der Waals surface area contributed by atoms with Gasteiger partial charge in [0.2, 0.25) is 6.79 Å². The Bertz CT molecular complexity index is 696. The van der Waals surface area contributed by atoms with Crippen LogP contribution in [0.25, 0.3) is 0 Å². The first kappa shape index (κ1) is 13.6. The predicted octanol–water partition coefficient (Wildman–Crippen LogP) is 2.90. The van der Waals surface area contributed by atoms with Crippen LogP contribution in [0.5, 0.6) is 11.5 Å². The molecule has 5 nitrogen and oxygen atoms in total. The molecule has 0 bridgehead atoms. The molecule has 0 saturated heterocycles. The lowest BCUT2D eigenvalue weighted by molar-refractivity contribution is -0.114. The monoisotopic (exact) mass is 302 g/mol. The Morgan fingerprint density at radius 1 is 1.52 bits per heavy atom. The van der Waals surface area contributed by atoms with E-state index in [4.69, 9.17) is 9.47 Å². The fourth-order valence-electron chi connectivity index (χ4n) is 2.15. The summed E-state index contributed by atoms with van der Waals surface area (Å²) in [7, 11) is 0. The number of aromatic nitrogens is 1. The van der Waals surface area contributed by atoms with Gasteiger partial charge in [0.25, 0.3) is 5.91 Å². The van der Waals surface area contributed by atoms with E-state index in [0.717, 1.165) is 11.3 Å². The SMILES string of the molecule is C=CC(=O)N(Cc1csnc1C)c1cccc2c1OCO2. The lowest BCUT2D eigenvalue weighted by atomic mass is 10.2. The fraction of sp³-hybridized carbons (Fsp3) is 0.200. The number of aryl methyl sites for hydroxylation is 1. The minimum Gasteiger partial charge on any atom is -0.454 e. The molecule has 0 N–H and O–H groups in total. The molecule has 0 spiro atoms. The normalized spacial score (nSPS) is 12.2. The number of benzene rings is 1. The molecule has 1 aliphatic heterocycles. The number of carbonyl (C=O) groups excluding carboxylic acids is 1. The van der Waals surface area contributed by atoms with Crippen molar-refractivity contribution in [3.8, 4) is 11.5 Å². The molecule has 0 atom stereocenters. The summed E-state index contributed by atoms with van der Waals surface area (Å²) in [5.41, 5.74) is 2.61. The van der Waals surface area contributed by atoms with Gasteiger partial charge in [0, 0.05) is 10.9 Å². The van der Waals surface area contributed by atoms with Crippen LogP contribution >= 0.6 is 11.5 Å². The third kappa shape index (κ3) is 2.50. The molecule has 0 fully saturated rings. The van der Waals surface area contributed by atoms with Gasteiger partial charge in [-0.05, 0) is 36.7 Å². The molecule has 1 aromatic carbocycles. The summed E-state index contributed by atoms with van der Waals surface area (Å²) in [5.74, 6) is 1.05. The standard InChI is InChI=1S/C15H14N2O3S/c1-3-14(18)17(7-11-8-21-16-10(11)2)12-5-4-6-13-15(12)20-9-19-13/h3-6,8H,1,7,9H2,2H3. The predicted molar refractivity (Wildman–Crippen MR) is 80.8 cm³/mol. The number of anilines is 1. The highest BCUT2D eigenvalue weighted by atomic mass is 32.1. The second-order valence-corrected chi connectivity index (χ2v) is 5.19. The molecule has 1 amide bonds. The van der Waals surface area contributed by atoms with E-state index in [1.807, 2.05) is 30.5 Å². The summed E-state index contributed by atoms with van der Waals surface area (Å²) in [4.78, 5) is 13.9. The Labute approximate surface area is 126 Å². The average molecular weight is 302 g/mol. The maximum atomic E-state index is 12.2. The number of hydrogen-bond acceptors (Lipinski definition) is 5. The number of fused-ring (bicyclic) bond motifs is 1. The molecule has 108 valence electrons. The Hall–Kier alpha value is -2.34. The van der Waals surface area contributed by atoms with E-state index < -0.39 is 0 Å². The molecule has 1 aromatic heterocycles. The molecule has 0 saturated carbocycles. The molecule has 3 rings (SSSR count). The maximum Gasteiger partial charge on any atom is 0.250 e. The first-order valence-corrected chi connectivity index (χ1v) is 7.26. The van der Waals surface area contributed by atoms with E-state index in [2.05, 4.69) is 11.0 Å². The minimum atomic E-state index is -0.190. The van der Waals surface area contributed by atoms with Gasteiger partial charge >= 0.3 is 0 Å². The van der Waals surface area contributed by atoms with E-state index in [1.165, 1.54) is 17.6 Å². The van der Waals surface area contributed by atoms with Crippen LogP contribution in [-0.4, -0.2) is 17.1 Å². The lowest BCUT2D eigenvalue weighted by Crippen LogP contribution is -2.29. The summed E-state index contributed by atoms with van der Waals surface area (Å²) >= 11 is 1.38. The minimum absolute atomic E-state index is 0.168. The quantitative estimate of drug-likeness (QED) is 0.815. The smallest absolute Gasteiger partial charge is 0.250 e. The van der Waals surface area contributed by atoms with Gasteiger partial charge in [-0.3, -0.25) is 4.79 Å². The summed E-state index contributed by atoms with van der Waals surface area (Å²) in [6.07, 6.45) is 1.30. The Kier molecular flexibility index (Phi) is 3.62. The number of para-hydroxylation sites is 1. The molecule has 0 aliphatic carbocycles. The van der Waals surface area contributed by atoms with Gasteiger partial charge in [-0.1, -0.05) is 12.6 Å². The van der Waals surface area contributed by atoms with Gasteiger partial charge in [0.1, 0.15) is 0 Å². The first-order valence-electron chi connectivity index (χ1n) is 6.43. The highest BCUT2D eigenvalue weighted by Crippen LogP contribution is 2.41. The van der Waals surface area contributed by atoms with Crippen molar-refractivity contribution in [1.29, 1.82) is 0 Å². The summed E-state index contributed by atoms with van der Waals surface area (Å²) in [5, 5.41) is 1.94. The van der Waals surface area contributed by atoms with E-state index >= 15 is 0 Å². The van der Waals surface area contributed by atoms with Crippen LogP contribution in [0.15, 0.2) is 36.2 Å². The number of rotatable bonds is 4.